The van der Waals surface area contributed by atoms with E-state index >= 15 is 0 Å². The number of aliphatic imine (C=N–C) groups is 1. The molecule has 0 saturated heterocycles. The Morgan fingerprint density at radius 2 is 1.95 bits per heavy atom. The van der Waals surface area contributed by atoms with Crippen LogP contribution in [-0.2, 0) is 0 Å². The third kappa shape index (κ3) is 5.22. The monoisotopic (exact) mass is 287 g/mol. The lowest BCUT2D eigenvalue weighted by molar-refractivity contribution is 0.634. The van der Waals surface area contributed by atoms with Gasteiger partial charge in [-0.25, -0.2) is 4.99 Å². The fourth-order valence-electron chi connectivity index (χ4n) is 1.81. The molecule has 1 aromatic rings. The predicted octanol–water partition coefficient (Wildman–Crippen LogP) is 2.74. The largest absolute Gasteiger partial charge is 0.404 e. The van der Waals surface area contributed by atoms with E-state index in [-0.39, 0.29) is 11.4 Å². The zero-order valence-electron chi connectivity index (χ0n) is 13.2. The van der Waals surface area contributed by atoms with Crippen LogP contribution in [0.4, 0.5) is 11.4 Å². The third-order valence-electron chi connectivity index (χ3n) is 2.68. The first-order valence-electron chi connectivity index (χ1n) is 6.77. The minimum atomic E-state index is -0.0155. The highest BCUT2D eigenvalue weighted by atomic mass is 15.0. The first kappa shape index (κ1) is 16.6. The van der Waals surface area contributed by atoms with Crippen molar-refractivity contribution in [3.05, 3.63) is 42.4 Å². The third-order valence-corrected chi connectivity index (χ3v) is 2.68. The van der Waals surface area contributed by atoms with Gasteiger partial charge in [-0.1, -0.05) is 12.6 Å². The molecule has 0 aromatic heterocycles. The van der Waals surface area contributed by atoms with Crippen LogP contribution in [-0.4, -0.2) is 18.8 Å². The Bertz CT molecular complexity index is 565. The highest BCUT2D eigenvalue weighted by Crippen LogP contribution is 2.28. The van der Waals surface area contributed by atoms with Crippen LogP contribution in [0.15, 0.2) is 41.8 Å². The minimum Gasteiger partial charge on any atom is -0.404 e. The summed E-state index contributed by atoms with van der Waals surface area (Å²) in [5.41, 5.74) is 14.8. The normalized spacial score (nSPS) is 12.5. The summed E-state index contributed by atoms with van der Waals surface area (Å²) in [6.45, 7) is 9.88. The SMILES string of the molecule is C=C(N)N=C/C(=C\N)c1ccc(NC(C)(C)C)c(NC)c1. The molecule has 0 unspecified atom stereocenters. The second-order valence-electron chi connectivity index (χ2n) is 5.76. The van der Waals surface area contributed by atoms with Crippen molar-refractivity contribution in [2.45, 2.75) is 26.3 Å². The summed E-state index contributed by atoms with van der Waals surface area (Å²) in [5.74, 6) is 0.245. The van der Waals surface area contributed by atoms with Crippen molar-refractivity contribution in [1.82, 2.24) is 0 Å². The molecule has 21 heavy (non-hydrogen) atoms. The van der Waals surface area contributed by atoms with Crippen molar-refractivity contribution >= 4 is 23.2 Å². The van der Waals surface area contributed by atoms with E-state index < -0.39 is 0 Å². The standard InChI is InChI=1S/C16H25N5/c1-11(18)20-10-13(9-17)12-6-7-14(15(8-12)19-5)21-16(2,3)4/h6-10,19,21H,1,17-18H2,2-5H3/b13-9+,20-10?. The molecule has 0 spiro atoms. The van der Waals surface area contributed by atoms with Crippen LogP contribution < -0.4 is 22.1 Å². The number of allylic oxidation sites excluding steroid dienone is 1. The van der Waals surface area contributed by atoms with Gasteiger partial charge in [-0.2, -0.15) is 0 Å². The van der Waals surface area contributed by atoms with Gasteiger partial charge in [0, 0.05) is 30.6 Å². The van der Waals surface area contributed by atoms with E-state index in [9.17, 15) is 0 Å². The van der Waals surface area contributed by atoms with Crippen molar-refractivity contribution in [1.29, 1.82) is 0 Å². The van der Waals surface area contributed by atoms with Gasteiger partial charge in [0.1, 0.15) is 5.82 Å². The maximum absolute atomic E-state index is 5.66. The molecule has 0 aliphatic carbocycles. The van der Waals surface area contributed by atoms with Gasteiger partial charge in [0.25, 0.3) is 0 Å². The molecule has 0 amide bonds. The summed E-state index contributed by atoms with van der Waals surface area (Å²) < 4.78 is 0. The van der Waals surface area contributed by atoms with Crippen LogP contribution in [0.3, 0.4) is 0 Å². The number of nitrogens with two attached hydrogens (primary N) is 2. The molecular formula is C16H25N5. The van der Waals surface area contributed by atoms with E-state index in [1.807, 2.05) is 25.2 Å². The van der Waals surface area contributed by atoms with Crippen LogP contribution in [0, 0.1) is 0 Å². The number of benzene rings is 1. The van der Waals surface area contributed by atoms with Gasteiger partial charge in [0.05, 0.1) is 11.4 Å². The van der Waals surface area contributed by atoms with E-state index in [0.29, 0.717) is 0 Å². The number of hydrogen-bond donors (Lipinski definition) is 4. The lowest BCUT2D eigenvalue weighted by atomic mass is 10.0. The summed E-state index contributed by atoms with van der Waals surface area (Å²) in [7, 11) is 1.88. The van der Waals surface area contributed by atoms with Crippen LogP contribution in [0.2, 0.25) is 0 Å². The Morgan fingerprint density at radius 3 is 2.43 bits per heavy atom. The van der Waals surface area contributed by atoms with Gasteiger partial charge >= 0.3 is 0 Å². The number of rotatable bonds is 5. The summed E-state index contributed by atoms with van der Waals surface area (Å²) >= 11 is 0. The molecule has 0 fully saturated rings. The summed E-state index contributed by atoms with van der Waals surface area (Å²) in [4.78, 5) is 3.98. The van der Waals surface area contributed by atoms with E-state index in [4.69, 9.17) is 11.5 Å². The smallest absolute Gasteiger partial charge is 0.116 e. The quantitative estimate of drug-likeness (QED) is 0.627. The maximum Gasteiger partial charge on any atom is 0.116 e. The summed E-state index contributed by atoms with van der Waals surface area (Å²) in [6, 6.07) is 6.01. The Hall–Kier alpha value is -2.43. The van der Waals surface area contributed by atoms with Gasteiger partial charge in [-0.3, -0.25) is 0 Å². The molecule has 0 aliphatic heterocycles. The van der Waals surface area contributed by atoms with E-state index in [2.05, 4.69) is 43.0 Å². The molecule has 0 radical (unpaired) electrons. The van der Waals surface area contributed by atoms with Crippen LogP contribution in [0.25, 0.3) is 5.57 Å². The first-order valence-corrected chi connectivity index (χ1v) is 6.77. The van der Waals surface area contributed by atoms with Crippen LogP contribution in [0.5, 0.6) is 0 Å². The molecule has 1 rings (SSSR count). The van der Waals surface area contributed by atoms with Crippen molar-refractivity contribution in [2.24, 2.45) is 16.5 Å². The van der Waals surface area contributed by atoms with Gasteiger partial charge in [0.15, 0.2) is 0 Å². The number of nitrogens with zero attached hydrogens (tertiary/aromatic N) is 1. The van der Waals surface area contributed by atoms with Gasteiger partial charge in [-0.15, -0.1) is 0 Å². The lowest BCUT2D eigenvalue weighted by Crippen LogP contribution is -2.26. The van der Waals surface area contributed by atoms with Crippen molar-refractivity contribution in [2.75, 3.05) is 17.7 Å². The highest BCUT2D eigenvalue weighted by Gasteiger charge is 2.12. The molecular weight excluding hydrogens is 262 g/mol. The first-order chi connectivity index (χ1) is 9.76. The molecule has 6 N–H and O–H groups in total. The Kier molecular flexibility index (Phi) is 5.41. The molecule has 0 atom stereocenters. The van der Waals surface area contributed by atoms with E-state index in [0.717, 1.165) is 22.5 Å². The number of hydrogen-bond acceptors (Lipinski definition) is 5. The van der Waals surface area contributed by atoms with Gasteiger partial charge < -0.3 is 22.1 Å². The Morgan fingerprint density at radius 1 is 1.29 bits per heavy atom. The topological polar surface area (TPSA) is 88.5 Å². The number of anilines is 2. The molecule has 1 aromatic carbocycles. The molecule has 0 saturated carbocycles. The highest BCUT2D eigenvalue weighted by molar-refractivity contribution is 6.10. The average Bonchev–Trinajstić information content (AvgIpc) is 2.38. The molecule has 0 heterocycles. The summed E-state index contributed by atoms with van der Waals surface area (Å²) in [6.07, 6.45) is 3.10. The second-order valence-corrected chi connectivity index (χ2v) is 5.76. The molecule has 0 aliphatic rings. The zero-order chi connectivity index (χ0) is 16.0. The van der Waals surface area contributed by atoms with Gasteiger partial charge in [-0.05, 0) is 38.5 Å². The van der Waals surface area contributed by atoms with Crippen molar-refractivity contribution < 1.29 is 0 Å². The van der Waals surface area contributed by atoms with E-state index in [1.165, 1.54) is 6.20 Å². The molecule has 0 bridgehead atoms. The molecule has 114 valence electrons. The second kappa shape index (κ2) is 6.83. The van der Waals surface area contributed by atoms with Crippen molar-refractivity contribution in [3.8, 4) is 0 Å². The van der Waals surface area contributed by atoms with E-state index in [1.54, 1.807) is 6.21 Å². The summed E-state index contributed by atoms with van der Waals surface area (Å²) in [5, 5.41) is 6.64. The van der Waals surface area contributed by atoms with Crippen LogP contribution >= 0.6 is 0 Å². The number of nitrogens with one attached hydrogen (secondary N) is 2. The molecule has 5 nitrogen and oxygen atoms in total. The average molecular weight is 287 g/mol. The maximum atomic E-state index is 5.66. The fourth-order valence-corrected chi connectivity index (χ4v) is 1.81. The van der Waals surface area contributed by atoms with Crippen molar-refractivity contribution in [3.63, 3.8) is 0 Å². The predicted molar refractivity (Wildman–Crippen MR) is 93.3 cm³/mol. The Balaban J connectivity index is 3.14. The van der Waals surface area contributed by atoms with Gasteiger partial charge in [0.2, 0.25) is 0 Å². The lowest BCUT2D eigenvalue weighted by Gasteiger charge is -2.24. The Labute approximate surface area is 126 Å². The van der Waals surface area contributed by atoms with Crippen LogP contribution in [0.1, 0.15) is 26.3 Å². The minimum absolute atomic E-state index is 0.0155. The fraction of sp³-hybridized carbons (Fsp3) is 0.312. The molecule has 5 heteroatoms. The zero-order valence-corrected chi connectivity index (χ0v) is 13.2.